The largest absolute Gasteiger partial charge is 0.375 e. The molecule has 2 aromatic rings. The maximum atomic E-state index is 11.5. The van der Waals surface area contributed by atoms with E-state index in [1.807, 2.05) is 19.2 Å². The zero-order chi connectivity index (χ0) is 11.9. The fourth-order valence-corrected chi connectivity index (χ4v) is 2.49. The van der Waals surface area contributed by atoms with E-state index in [9.17, 15) is 4.79 Å². The molecule has 0 aromatic carbocycles. The molecule has 0 radical (unpaired) electrons. The molecule has 16 heavy (non-hydrogen) atoms. The van der Waals surface area contributed by atoms with Crippen molar-refractivity contribution in [3.05, 3.63) is 22.2 Å². The van der Waals surface area contributed by atoms with Gasteiger partial charge in [0.1, 0.15) is 5.69 Å². The number of Topliss-reactive ketones (excluding diaryl/α,β-unsaturated/α-hetero) is 1. The summed E-state index contributed by atoms with van der Waals surface area (Å²) in [7, 11) is 0. The Morgan fingerprint density at radius 2 is 2.19 bits per heavy atom. The fourth-order valence-electron chi connectivity index (χ4n) is 1.94. The molecule has 0 aliphatic rings. The molecule has 0 spiro atoms. The average molecular weight is 235 g/mol. The van der Waals surface area contributed by atoms with E-state index in [4.69, 9.17) is 5.73 Å². The number of carbonyl (C=O) groups excluding carboxylic acids is 1. The van der Waals surface area contributed by atoms with Crippen molar-refractivity contribution in [2.45, 2.75) is 20.8 Å². The van der Waals surface area contributed by atoms with Gasteiger partial charge in [-0.15, -0.1) is 11.3 Å². The summed E-state index contributed by atoms with van der Waals surface area (Å²) in [5.74, 6) is 0.0701. The van der Waals surface area contributed by atoms with Gasteiger partial charge in [0.15, 0.2) is 10.9 Å². The summed E-state index contributed by atoms with van der Waals surface area (Å²) in [6, 6.07) is 0. The summed E-state index contributed by atoms with van der Waals surface area (Å²) >= 11 is 1.39. The number of ketones is 1. The standard InChI is InChI=1S/C11H13N3OS/c1-5-9(7(3)15)6(2)13-10(5)8-4-16-11(12)14-8/h4,13H,1-3H3,(H2,12,14). The third kappa shape index (κ3) is 1.63. The second kappa shape index (κ2) is 3.75. The Labute approximate surface area is 97.5 Å². The number of rotatable bonds is 2. The first-order chi connectivity index (χ1) is 7.50. The highest BCUT2D eigenvalue weighted by atomic mass is 32.1. The van der Waals surface area contributed by atoms with Crippen LogP contribution in [-0.2, 0) is 0 Å². The van der Waals surface area contributed by atoms with Gasteiger partial charge in [0.25, 0.3) is 0 Å². The Balaban J connectivity index is 2.59. The van der Waals surface area contributed by atoms with E-state index in [0.717, 1.165) is 28.2 Å². The second-order valence-electron chi connectivity index (χ2n) is 3.75. The van der Waals surface area contributed by atoms with Gasteiger partial charge in [-0.1, -0.05) is 0 Å². The molecule has 0 unspecified atom stereocenters. The number of carbonyl (C=O) groups is 1. The highest BCUT2D eigenvalue weighted by Gasteiger charge is 2.17. The maximum absolute atomic E-state index is 11.5. The summed E-state index contributed by atoms with van der Waals surface area (Å²) in [5, 5.41) is 2.42. The van der Waals surface area contributed by atoms with Gasteiger partial charge >= 0.3 is 0 Å². The lowest BCUT2D eigenvalue weighted by Crippen LogP contribution is -1.94. The quantitative estimate of drug-likeness (QED) is 0.786. The average Bonchev–Trinajstić information content (AvgIpc) is 2.70. The van der Waals surface area contributed by atoms with Crippen molar-refractivity contribution < 1.29 is 4.79 Å². The SMILES string of the molecule is CC(=O)c1c(C)[nH]c(-c2csc(N)n2)c1C. The van der Waals surface area contributed by atoms with Crippen molar-refractivity contribution >= 4 is 22.3 Å². The van der Waals surface area contributed by atoms with Crippen LogP contribution in [-0.4, -0.2) is 15.8 Å². The molecular weight excluding hydrogens is 222 g/mol. The van der Waals surface area contributed by atoms with E-state index in [-0.39, 0.29) is 5.78 Å². The van der Waals surface area contributed by atoms with Crippen LogP contribution >= 0.6 is 11.3 Å². The number of hydrogen-bond acceptors (Lipinski definition) is 4. The molecule has 3 N–H and O–H groups in total. The fraction of sp³-hybridized carbons (Fsp3) is 0.273. The zero-order valence-corrected chi connectivity index (χ0v) is 10.2. The van der Waals surface area contributed by atoms with Crippen molar-refractivity contribution in [3.8, 4) is 11.4 Å². The number of nitrogen functional groups attached to an aromatic ring is 1. The number of H-pyrrole nitrogens is 1. The molecule has 84 valence electrons. The number of nitrogens with one attached hydrogen (secondary N) is 1. The zero-order valence-electron chi connectivity index (χ0n) is 9.42. The lowest BCUT2D eigenvalue weighted by atomic mass is 10.1. The van der Waals surface area contributed by atoms with Crippen molar-refractivity contribution in [2.75, 3.05) is 5.73 Å². The third-order valence-corrected chi connectivity index (χ3v) is 3.24. The Hall–Kier alpha value is -1.62. The minimum absolute atomic E-state index is 0.0701. The molecule has 2 aromatic heterocycles. The van der Waals surface area contributed by atoms with Gasteiger partial charge in [-0.2, -0.15) is 0 Å². The van der Waals surface area contributed by atoms with Crippen molar-refractivity contribution in [2.24, 2.45) is 0 Å². The highest BCUT2D eigenvalue weighted by Crippen LogP contribution is 2.29. The number of aryl methyl sites for hydroxylation is 1. The molecule has 0 aliphatic carbocycles. The highest BCUT2D eigenvalue weighted by molar-refractivity contribution is 7.13. The molecular formula is C11H13N3OS. The van der Waals surface area contributed by atoms with Crippen LogP contribution in [0.15, 0.2) is 5.38 Å². The molecule has 0 atom stereocenters. The van der Waals surface area contributed by atoms with Crippen LogP contribution in [0.25, 0.3) is 11.4 Å². The number of nitrogens with two attached hydrogens (primary N) is 1. The van der Waals surface area contributed by atoms with Gasteiger partial charge < -0.3 is 10.7 Å². The molecule has 0 aliphatic heterocycles. The Morgan fingerprint density at radius 3 is 2.62 bits per heavy atom. The molecule has 4 nitrogen and oxygen atoms in total. The van der Waals surface area contributed by atoms with Gasteiger partial charge in [0.05, 0.1) is 5.69 Å². The topological polar surface area (TPSA) is 71.8 Å². The van der Waals surface area contributed by atoms with Crippen LogP contribution in [0.4, 0.5) is 5.13 Å². The number of aromatic nitrogens is 2. The van der Waals surface area contributed by atoms with Crippen LogP contribution < -0.4 is 5.73 Å². The van der Waals surface area contributed by atoms with Gasteiger partial charge in [0, 0.05) is 16.6 Å². The molecule has 2 rings (SSSR count). The molecule has 0 fully saturated rings. The van der Waals surface area contributed by atoms with Crippen LogP contribution in [0, 0.1) is 13.8 Å². The van der Waals surface area contributed by atoms with E-state index in [0.29, 0.717) is 5.13 Å². The summed E-state index contributed by atoms with van der Waals surface area (Å²) in [4.78, 5) is 18.9. The molecule has 0 saturated heterocycles. The lowest BCUT2D eigenvalue weighted by Gasteiger charge is -1.96. The first-order valence-corrected chi connectivity index (χ1v) is 5.80. The maximum Gasteiger partial charge on any atom is 0.180 e. The van der Waals surface area contributed by atoms with E-state index in [2.05, 4.69) is 9.97 Å². The monoisotopic (exact) mass is 235 g/mol. The Kier molecular flexibility index (Phi) is 2.55. The summed E-state index contributed by atoms with van der Waals surface area (Å²) in [6.07, 6.45) is 0. The Bertz CT molecular complexity index is 554. The summed E-state index contributed by atoms with van der Waals surface area (Å²) in [6.45, 7) is 5.39. The van der Waals surface area contributed by atoms with Crippen LogP contribution in [0.5, 0.6) is 0 Å². The van der Waals surface area contributed by atoms with Crippen LogP contribution in [0.2, 0.25) is 0 Å². The normalized spacial score (nSPS) is 10.7. The van der Waals surface area contributed by atoms with Gasteiger partial charge in [-0.25, -0.2) is 4.98 Å². The minimum Gasteiger partial charge on any atom is -0.375 e. The summed E-state index contributed by atoms with van der Waals surface area (Å²) < 4.78 is 0. The Morgan fingerprint density at radius 1 is 1.50 bits per heavy atom. The van der Waals surface area contributed by atoms with Crippen LogP contribution in [0.3, 0.4) is 0 Å². The van der Waals surface area contributed by atoms with E-state index < -0.39 is 0 Å². The first-order valence-electron chi connectivity index (χ1n) is 4.92. The summed E-state index contributed by atoms with van der Waals surface area (Å²) in [5.41, 5.74) is 9.86. The van der Waals surface area contributed by atoms with E-state index in [1.54, 1.807) is 6.92 Å². The molecule has 0 amide bonds. The first kappa shape index (κ1) is 10.9. The van der Waals surface area contributed by atoms with Crippen LogP contribution in [0.1, 0.15) is 28.5 Å². The van der Waals surface area contributed by atoms with E-state index in [1.165, 1.54) is 11.3 Å². The smallest absolute Gasteiger partial charge is 0.180 e. The lowest BCUT2D eigenvalue weighted by molar-refractivity contribution is 0.101. The van der Waals surface area contributed by atoms with Crippen molar-refractivity contribution in [1.82, 2.24) is 9.97 Å². The molecule has 0 saturated carbocycles. The van der Waals surface area contributed by atoms with Crippen molar-refractivity contribution in [1.29, 1.82) is 0 Å². The number of aromatic amines is 1. The third-order valence-electron chi connectivity index (χ3n) is 2.57. The van der Waals surface area contributed by atoms with Crippen molar-refractivity contribution in [3.63, 3.8) is 0 Å². The van der Waals surface area contributed by atoms with E-state index >= 15 is 0 Å². The number of hydrogen-bond donors (Lipinski definition) is 2. The number of thiazole rings is 1. The van der Waals surface area contributed by atoms with Gasteiger partial charge in [-0.05, 0) is 26.3 Å². The second-order valence-corrected chi connectivity index (χ2v) is 4.64. The number of nitrogens with zero attached hydrogens (tertiary/aromatic N) is 1. The molecule has 0 bridgehead atoms. The minimum atomic E-state index is 0.0701. The predicted octanol–water partition coefficient (Wildman–Crippen LogP) is 2.54. The predicted molar refractivity (Wildman–Crippen MR) is 65.8 cm³/mol. The van der Waals surface area contributed by atoms with Gasteiger partial charge in [-0.3, -0.25) is 4.79 Å². The molecule has 5 heteroatoms. The van der Waals surface area contributed by atoms with Gasteiger partial charge in [0.2, 0.25) is 0 Å². The molecule has 2 heterocycles. The number of anilines is 1.